The van der Waals surface area contributed by atoms with Gasteiger partial charge in [0.2, 0.25) is 0 Å². The Balaban J connectivity index is 2.36. The predicted molar refractivity (Wildman–Crippen MR) is 63.2 cm³/mol. The van der Waals surface area contributed by atoms with Gasteiger partial charge in [0, 0.05) is 37.8 Å². The van der Waals surface area contributed by atoms with E-state index in [1.807, 2.05) is 19.2 Å². The van der Waals surface area contributed by atoms with Crippen molar-refractivity contribution in [3.8, 4) is 0 Å². The molecule has 0 aliphatic heterocycles. The average molecular weight is 208 g/mol. The fourth-order valence-electron chi connectivity index (χ4n) is 1.53. The Morgan fingerprint density at radius 2 is 2.13 bits per heavy atom. The van der Waals surface area contributed by atoms with Gasteiger partial charge in [0.15, 0.2) is 0 Å². The van der Waals surface area contributed by atoms with Crippen molar-refractivity contribution in [3.63, 3.8) is 0 Å². The fourth-order valence-corrected chi connectivity index (χ4v) is 1.53. The highest BCUT2D eigenvalue weighted by Gasteiger charge is 2.00. The molecule has 3 heteroatoms. The Labute approximate surface area is 91.8 Å². The van der Waals surface area contributed by atoms with Gasteiger partial charge >= 0.3 is 0 Å². The summed E-state index contributed by atoms with van der Waals surface area (Å²) >= 11 is 0. The summed E-state index contributed by atoms with van der Waals surface area (Å²) in [6, 6.07) is 4.12. The molecule has 0 fully saturated rings. The topological polar surface area (TPSA) is 36.4 Å². The SMILES string of the molecule is Cc1cc(N(C)CCCCCO)ccn1. The Morgan fingerprint density at radius 1 is 1.33 bits per heavy atom. The Kier molecular flexibility index (Phi) is 5.12. The third-order valence-corrected chi connectivity index (χ3v) is 2.47. The molecule has 0 bridgehead atoms. The van der Waals surface area contributed by atoms with Gasteiger partial charge in [-0.2, -0.15) is 0 Å². The highest BCUT2D eigenvalue weighted by Crippen LogP contribution is 2.13. The van der Waals surface area contributed by atoms with E-state index in [0.717, 1.165) is 31.5 Å². The van der Waals surface area contributed by atoms with Crippen LogP contribution in [0.1, 0.15) is 25.0 Å². The van der Waals surface area contributed by atoms with Crippen molar-refractivity contribution >= 4 is 5.69 Å². The van der Waals surface area contributed by atoms with Crippen molar-refractivity contribution in [2.75, 3.05) is 25.1 Å². The lowest BCUT2D eigenvalue weighted by atomic mass is 10.2. The van der Waals surface area contributed by atoms with Gasteiger partial charge in [-0.25, -0.2) is 0 Å². The van der Waals surface area contributed by atoms with Crippen molar-refractivity contribution in [1.29, 1.82) is 0 Å². The summed E-state index contributed by atoms with van der Waals surface area (Å²) in [5.41, 5.74) is 2.27. The van der Waals surface area contributed by atoms with E-state index in [2.05, 4.69) is 23.0 Å². The first-order valence-electron chi connectivity index (χ1n) is 5.48. The number of hydrogen-bond donors (Lipinski definition) is 1. The van der Waals surface area contributed by atoms with Gasteiger partial charge in [-0.1, -0.05) is 0 Å². The number of aryl methyl sites for hydroxylation is 1. The molecule has 15 heavy (non-hydrogen) atoms. The van der Waals surface area contributed by atoms with Gasteiger partial charge in [-0.15, -0.1) is 0 Å². The summed E-state index contributed by atoms with van der Waals surface area (Å²) in [5.74, 6) is 0. The lowest BCUT2D eigenvalue weighted by Gasteiger charge is -2.19. The summed E-state index contributed by atoms with van der Waals surface area (Å²) in [6.45, 7) is 3.34. The molecular weight excluding hydrogens is 188 g/mol. The van der Waals surface area contributed by atoms with E-state index in [1.165, 1.54) is 5.69 Å². The van der Waals surface area contributed by atoms with Gasteiger partial charge in [-0.3, -0.25) is 4.98 Å². The van der Waals surface area contributed by atoms with Crippen LogP contribution in [-0.2, 0) is 0 Å². The number of aromatic nitrogens is 1. The molecule has 3 nitrogen and oxygen atoms in total. The smallest absolute Gasteiger partial charge is 0.0431 e. The second-order valence-corrected chi connectivity index (χ2v) is 3.86. The average Bonchev–Trinajstić information content (AvgIpc) is 2.24. The summed E-state index contributed by atoms with van der Waals surface area (Å²) in [4.78, 5) is 6.40. The zero-order valence-electron chi connectivity index (χ0n) is 9.61. The standard InChI is InChI=1S/C12H20N2O/c1-11-10-12(6-7-13-11)14(2)8-4-3-5-9-15/h6-7,10,15H,3-5,8-9H2,1-2H3. The molecule has 0 unspecified atom stereocenters. The Morgan fingerprint density at radius 3 is 2.80 bits per heavy atom. The van der Waals surface area contributed by atoms with Crippen LogP contribution >= 0.6 is 0 Å². The molecule has 0 aliphatic rings. The van der Waals surface area contributed by atoms with Crippen LogP contribution in [0.3, 0.4) is 0 Å². The van der Waals surface area contributed by atoms with Gasteiger partial charge in [0.25, 0.3) is 0 Å². The first kappa shape index (κ1) is 12.0. The monoisotopic (exact) mass is 208 g/mol. The van der Waals surface area contributed by atoms with Crippen molar-refractivity contribution < 1.29 is 5.11 Å². The molecule has 1 rings (SSSR count). The molecule has 1 heterocycles. The number of hydrogen-bond acceptors (Lipinski definition) is 3. The fraction of sp³-hybridized carbons (Fsp3) is 0.583. The minimum atomic E-state index is 0.304. The van der Waals surface area contributed by atoms with E-state index in [1.54, 1.807) is 0 Å². The molecule has 0 aliphatic carbocycles. The maximum Gasteiger partial charge on any atom is 0.0431 e. The maximum atomic E-state index is 8.66. The highest BCUT2D eigenvalue weighted by molar-refractivity contribution is 5.45. The minimum absolute atomic E-state index is 0.304. The lowest BCUT2D eigenvalue weighted by Crippen LogP contribution is -2.18. The summed E-state index contributed by atoms with van der Waals surface area (Å²) in [6.07, 6.45) is 4.96. The van der Waals surface area contributed by atoms with E-state index in [9.17, 15) is 0 Å². The molecule has 0 aromatic carbocycles. The first-order valence-corrected chi connectivity index (χ1v) is 5.48. The van der Waals surface area contributed by atoms with Crippen LogP contribution in [0.15, 0.2) is 18.3 Å². The van der Waals surface area contributed by atoms with Gasteiger partial charge in [-0.05, 0) is 38.3 Å². The van der Waals surface area contributed by atoms with Crippen LogP contribution in [0, 0.1) is 6.92 Å². The second-order valence-electron chi connectivity index (χ2n) is 3.86. The minimum Gasteiger partial charge on any atom is -0.396 e. The highest BCUT2D eigenvalue weighted by atomic mass is 16.2. The number of aliphatic hydroxyl groups excluding tert-OH is 1. The zero-order chi connectivity index (χ0) is 11.1. The number of aliphatic hydroxyl groups is 1. The molecular formula is C12H20N2O. The third-order valence-electron chi connectivity index (χ3n) is 2.47. The molecule has 0 spiro atoms. The van der Waals surface area contributed by atoms with Crippen LogP contribution in [-0.4, -0.2) is 30.3 Å². The molecule has 0 saturated carbocycles. The van der Waals surface area contributed by atoms with Crippen LogP contribution in [0.2, 0.25) is 0 Å². The Bertz CT molecular complexity index is 289. The normalized spacial score (nSPS) is 10.3. The van der Waals surface area contributed by atoms with Gasteiger partial charge < -0.3 is 10.0 Å². The van der Waals surface area contributed by atoms with Crippen LogP contribution < -0.4 is 4.90 Å². The number of anilines is 1. The van der Waals surface area contributed by atoms with Crippen LogP contribution in [0.4, 0.5) is 5.69 Å². The maximum absolute atomic E-state index is 8.66. The second kappa shape index (κ2) is 6.40. The van der Waals surface area contributed by atoms with Crippen molar-refractivity contribution in [2.24, 2.45) is 0 Å². The molecule has 0 saturated heterocycles. The molecule has 0 atom stereocenters. The van der Waals surface area contributed by atoms with E-state index >= 15 is 0 Å². The first-order chi connectivity index (χ1) is 7.24. The van der Waals surface area contributed by atoms with Crippen molar-refractivity contribution in [2.45, 2.75) is 26.2 Å². The lowest BCUT2D eigenvalue weighted by molar-refractivity contribution is 0.283. The molecule has 84 valence electrons. The largest absolute Gasteiger partial charge is 0.396 e. The Hall–Kier alpha value is -1.09. The van der Waals surface area contributed by atoms with E-state index in [4.69, 9.17) is 5.11 Å². The van der Waals surface area contributed by atoms with E-state index in [-0.39, 0.29) is 0 Å². The zero-order valence-corrected chi connectivity index (χ0v) is 9.61. The molecule has 1 aromatic rings. The number of rotatable bonds is 6. The third kappa shape index (κ3) is 4.30. The molecule has 1 N–H and O–H groups in total. The summed E-state index contributed by atoms with van der Waals surface area (Å²) in [5, 5.41) is 8.66. The molecule has 0 radical (unpaired) electrons. The van der Waals surface area contributed by atoms with Crippen LogP contribution in [0.25, 0.3) is 0 Å². The van der Waals surface area contributed by atoms with Crippen molar-refractivity contribution in [3.05, 3.63) is 24.0 Å². The van der Waals surface area contributed by atoms with Crippen LogP contribution in [0.5, 0.6) is 0 Å². The number of pyridine rings is 1. The molecule has 1 aromatic heterocycles. The molecule has 0 amide bonds. The van der Waals surface area contributed by atoms with Gasteiger partial charge in [0.1, 0.15) is 0 Å². The summed E-state index contributed by atoms with van der Waals surface area (Å²) < 4.78 is 0. The van der Waals surface area contributed by atoms with E-state index in [0.29, 0.717) is 6.61 Å². The van der Waals surface area contributed by atoms with E-state index < -0.39 is 0 Å². The quantitative estimate of drug-likeness (QED) is 0.726. The van der Waals surface area contributed by atoms with Crippen molar-refractivity contribution in [1.82, 2.24) is 4.98 Å². The van der Waals surface area contributed by atoms with Gasteiger partial charge in [0.05, 0.1) is 0 Å². The summed E-state index contributed by atoms with van der Waals surface area (Å²) in [7, 11) is 2.09. The number of nitrogens with zero attached hydrogens (tertiary/aromatic N) is 2. The number of unbranched alkanes of at least 4 members (excludes halogenated alkanes) is 2. The predicted octanol–water partition coefficient (Wildman–Crippen LogP) is 1.99.